The summed E-state index contributed by atoms with van der Waals surface area (Å²) < 4.78 is 2.91. The molecule has 0 saturated carbocycles. The molecule has 0 saturated heterocycles. The molecule has 0 fully saturated rings. The average molecular weight is 463 g/mol. The zero-order valence-electron chi connectivity index (χ0n) is 15.0. The molecule has 2 rings (SSSR count). The number of ether oxygens (including phenoxy) is 1. The van der Waals surface area contributed by atoms with E-state index in [4.69, 9.17) is 44.4 Å². The first-order valence-electron chi connectivity index (χ1n) is 8.37. The lowest BCUT2D eigenvalue weighted by atomic mass is 10.0. The van der Waals surface area contributed by atoms with Crippen molar-refractivity contribution in [3.8, 4) is 5.75 Å². The summed E-state index contributed by atoms with van der Waals surface area (Å²) >= 11 is 16.6. The average Bonchev–Trinajstić information content (AvgIpc) is 2.65. The molecule has 2 aromatic rings. The summed E-state index contributed by atoms with van der Waals surface area (Å²) in [6.07, 6.45) is -1.20. The standard InChI is InChI=1S/C19H18Cl3NO6/c20-19(21,22)12-28-18(27)29-23(11-14-4-2-1-3-5-14)16(17(25)26)10-13-6-8-15(24)9-7-13/h1-9,16,24H,10-12H2,(H,25,26)/t16-/m0/s1. The van der Waals surface area contributed by atoms with Gasteiger partial charge in [0.2, 0.25) is 3.79 Å². The minimum Gasteiger partial charge on any atom is -0.508 e. The highest BCUT2D eigenvalue weighted by Gasteiger charge is 2.31. The van der Waals surface area contributed by atoms with Crippen molar-refractivity contribution in [1.82, 2.24) is 5.06 Å². The molecule has 1 atom stereocenters. The molecule has 7 nitrogen and oxygen atoms in total. The van der Waals surface area contributed by atoms with Crippen LogP contribution >= 0.6 is 34.8 Å². The van der Waals surface area contributed by atoms with Gasteiger partial charge in [0.05, 0.1) is 6.54 Å². The van der Waals surface area contributed by atoms with E-state index in [0.29, 0.717) is 11.1 Å². The number of aromatic hydroxyl groups is 1. The van der Waals surface area contributed by atoms with E-state index in [1.54, 1.807) is 42.5 Å². The topological polar surface area (TPSA) is 96.3 Å². The van der Waals surface area contributed by atoms with Crippen LogP contribution in [0.1, 0.15) is 11.1 Å². The lowest BCUT2D eigenvalue weighted by Crippen LogP contribution is -2.44. The number of aliphatic carboxylic acids is 1. The van der Waals surface area contributed by atoms with Crippen LogP contribution in [0.4, 0.5) is 4.79 Å². The van der Waals surface area contributed by atoms with Crippen LogP contribution in [0, 0.1) is 0 Å². The van der Waals surface area contributed by atoms with Crippen LogP contribution in [0.2, 0.25) is 0 Å². The third-order valence-electron chi connectivity index (χ3n) is 3.72. The maximum Gasteiger partial charge on any atom is 0.528 e. The van der Waals surface area contributed by atoms with Crippen LogP contribution in [0.5, 0.6) is 5.75 Å². The summed E-state index contributed by atoms with van der Waals surface area (Å²) in [6.45, 7) is -0.579. The van der Waals surface area contributed by atoms with E-state index in [2.05, 4.69) is 0 Å². The van der Waals surface area contributed by atoms with Crippen LogP contribution in [0.25, 0.3) is 0 Å². The van der Waals surface area contributed by atoms with E-state index in [1.807, 2.05) is 0 Å². The fraction of sp³-hybridized carbons (Fsp3) is 0.263. The zero-order valence-corrected chi connectivity index (χ0v) is 17.3. The van der Waals surface area contributed by atoms with Crippen molar-refractivity contribution in [3.63, 3.8) is 0 Å². The minimum absolute atomic E-state index is 0.000181. The van der Waals surface area contributed by atoms with E-state index in [0.717, 1.165) is 5.06 Å². The minimum atomic E-state index is -1.83. The van der Waals surface area contributed by atoms with E-state index >= 15 is 0 Å². The van der Waals surface area contributed by atoms with E-state index in [-0.39, 0.29) is 18.7 Å². The van der Waals surface area contributed by atoms with Gasteiger partial charge >= 0.3 is 12.1 Å². The van der Waals surface area contributed by atoms with Crippen molar-refractivity contribution in [2.24, 2.45) is 0 Å². The van der Waals surface area contributed by atoms with Crippen molar-refractivity contribution in [3.05, 3.63) is 65.7 Å². The fourth-order valence-corrected chi connectivity index (χ4v) is 2.56. The number of carbonyl (C=O) groups excluding carboxylic acids is 1. The third kappa shape index (κ3) is 8.37. The summed E-state index contributed by atoms with van der Waals surface area (Å²) in [5.41, 5.74) is 1.32. The lowest BCUT2D eigenvalue weighted by molar-refractivity contribution is -0.182. The number of alkyl halides is 3. The second-order valence-electron chi connectivity index (χ2n) is 6.03. The van der Waals surface area contributed by atoms with Gasteiger partial charge in [0.1, 0.15) is 18.4 Å². The van der Waals surface area contributed by atoms with Gasteiger partial charge in [0, 0.05) is 6.42 Å². The number of carboxylic acids is 1. The SMILES string of the molecule is O=C(OCC(Cl)(Cl)Cl)ON(Cc1ccccc1)[C@@H](Cc1ccc(O)cc1)C(=O)O. The van der Waals surface area contributed by atoms with E-state index in [9.17, 15) is 19.8 Å². The van der Waals surface area contributed by atoms with Gasteiger partial charge in [-0.15, -0.1) is 5.06 Å². The Kier molecular flexibility index (Phi) is 8.40. The van der Waals surface area contributed by atoms with Gasteiger partial charge < -0.3 is 19.8 Å². The quantitative estimate of drug-likeness (QED) is 0.342. The highest BCUT2D eigenvalue weighted by atomic mass is 35.6. The summed E-state index contributed by atoms with van der Waals surface area (Å²) in [4.78, 5) is 29.1. The molecular formula is C19H18Cl3NO6. The summed E-state index contributed by atoms with van der Waals surface area (Å²) in [6, 6.07) is 13.6. The number of phenols is 1. The van der Waals surface area contributed by atoms with Crippen LogP contribution in [0.3, 0.4) is 0 Å². The molecule has 0 aliphatic heterocycles. The van der Waals surface area contributed by atoms with E-state index in [1.165, 1.54) is 12.1 Å². The van der Waals surface area contributed by atoms with Gasteiger partial charge in [0.25, 0.3) is 0 Å². The van der Waals surface area contributed by atoms with Gasteiger partial charge in [-0.05, 0) is 23.3 Å². The fourth-order valence-electron chi connectivity index (χ4n) is 2.40. The number of rotatable bonds is 8. The number of halogens is 3. The van der Waals surface area contributed by atoms with Crippen molar-refractivity contribution in [1.29, 1.82) is 0 Å². The Morgan fingerprint density at radius 1 is 1.00 bits per heavy atom. The third-order valence-corrected chi connectivity index (χ3v) is 4.05. The molecule has 29 heavy (non-hydrogen) atoms. The number of nitrogens with zero attached hydrogens (tertiary/aromatic N) is 1. The Labute approximate surface area is 182 Å². The predicted octanol–water partition coefficient (Wildman–Crippen LogP) is 4.33. The van der Waals surface area contributed by atoms with Crippen molar-refractivity contribution >= 4 is 46.9 Å². The number of phenolic OH excluding ortho intramolecular Hbond substituents is 1. The predicted molar refractivity (Wildman–Crippen MR) is 108 cm³/mol. The Balaban J connectivity index is 2.20. The molecule has 0 aromatic heterocycles. The Morgan fingerprint density at radius 3 is 2.17 bits per heavy atom. The zero-order chi connectivity index (χ0) is 21.4. The van der Waals surface area contributed by atoms with Crippen molar-refractivity contribution < 1.29 is 29.4 Å². The second-order valence-corrected chi connectivity index (χ2v) is 8.55. The van der Waals surface area contributed by atoms with E-state index < -0.39 is 28.6 Å². The first-order chi connectivity index (χ1) is 13.6. The molecule has 0 aliphatic carbocycles. The largest absolute Gasteiger partial charge is 0.528 e. The normalized spacial score (nSPS) is 12.4. The summed E-state index contributed by atoms with van der Waals surface area (Å²) in [5, 5.41) is 20.1. The molecule has 2 N–H and O–H groups in total. The first-order valence-corrected chi connectivity index (χ1v) is 9.50. The molecular weight excluding hydrogens is 445 g/mol. The maximum absolute atomic E-state index is 12.0. The molecule has 0 heterocycles. The van der Waals surface area contributed by atoms with Gasteiger partial charge in [0.15, 0.2) is 0 Å². The lowest BCUT2D eigenvalue weighted by Gasteiger charge is -2.27. The maximum atomic E-state index is 12.0. The molecule has 10 heteroatoms. The summed E-state index contributed by atoms with van der Waals surface area (Å²) in [5.74, 6) is -1.17. The Morgan fingerprint density at radius 2 is 1.62 bits per heavy atom. The molecule has 0 unspecified atom stereocenters. The number of hydrogen-bond donors (Lipinski definition) is 2. The van der Waals surface area contributed by atoms with Gasteiger partial charge in [-0.1, -0.05) is 77.3 Å². The van der Waals surface area contributed by atoms with Crippen LogP contribution < -0.4 is 0 Å². The van der Waals surface area contributed by atoms with Crippen LogP contribution in [0.15, 0.2) is 54.6 Å². The number of benzene rings is 2. The molecule has 0 aliphatic rings. The van der Waals surface area contributed by atoms with Crippen LogP contribution in [-0.2, 0) is 27.3 Å². The molecule has 0 amide bonds. The molecule has 0 spiro atoms. The Hall–Kier alpha value is -2.19. The van der Waals surface area contributed by atoms with Gasteiger partial charge in [-0.2, -0.15) is 0 Å². The highest BCUT2D eigenvalue weighted by molar-refractivity contribution is 6.67. The molecule has 0 radical (unpaired) electrons. The number of hydroxylamine groups is 2. The summed E-state index contributed by atoms with van der Waals surface area (Å²) in [7, 11) is 0. The monoisotopic (exact) mass is 461 g/mol. The molecule has 0 bridgehead atoms. The second kappa shape index (κ2) is 10.5. The van der Waals surface area contributed by atoms with Crippen LogP contribution in [-0.4, -0.2) is 43.8 Å². The first kappa shape index (κ1) is 23.1. The number of carbonyl (C=O) groups is 2. The molecule has 156 valence electrons. The van der Waals surface area contributed by atoms with Gasteiger partial charge in [-0.25, -0.2) is 4.79 Å². The molecule has 2 aromatic carbocycles. The highest BCUT2D eigenvalue weighted by Crippen LogP contribution is 2.26. The Bertz CT molecular complexity index is 811. The van der Waals surface area contributed by atoms with Crippen molar-refractivity contribution in [2.75, 3.05) is 6.61 Å². The number of carboxylic acid groups (broad SMARTS) is 1. The smallest absolute Gasteiger partial charge is 0.508 e. The number of hydrogen-bond acceptors (Lipinski definition) is 6. The van der Waals surface area contributed by atoms with Crippen molar-refractivity contribution in [2.45, 2.75) is 22.8 Å². The van der Waals surface area contributed by atoms with Gasteiger partial charge in [-0.3, -0.25) is 4.79 Å².